The molecule has 0 atom stereocenters. The van der Waals surface area contributed by atoms with Crippen molar-refractivity contribution in [2.75, 3.05) is 0 Å². The van der Waals surface area contributed by atoms with E-state index in [9.17, 15) is 9.90 Å². The highest BCUT2D eigenvalue weighted by Gasteiger charge is 2.08. The van der Waals surface area contributed by atoms with Gasteiger partial charge in [-0.25, -0.2) is 4.79 Å². The van der Waals surface area contributed by atoms with Crippen molar-refractivity contribution in [3.8, 4) is 5.75 Å². The zero-order valence-electron chi connectivity index (χ0n) is 6.48. The van der Waals surface area contributed by atoms with Gasteiger partial charge in [0, 0.05) is 5.39 Å². The maximum atomic E-state index is 10.9. The SMILES string of the molecule is O=C(O)c1cc2cc([O-])ccc2o1. The third-order valence-electron chi connectivity index (χ3n) is 1.70. The lowest BCUT2D eigenvalue weighted by Gasteiger charge is -2.01. The number of rotatable bonds is 1. The second-order valence-corrected chi connectivity index (χ2v) is 2.62. The number of fused-ring (bicyclic) bond motifs is 1. The van der Waals surface area contributed by atoms with E-state index >= 15 is 0 Å². The Kier molecular flexibility index (Phi) is 1.48. The number of furan rings is 1. The standard InChI is InChI=1S/C9H6O4/c10-6-1-2-7-5(3-6)4-8(13-7)9(11)12/h1-4,10H,(H,11,12)/p-1. The molecule has 0 aliphatic rings. The molecule has 0 amide bonds. The Morgan fingerprint density at radius 2 is 2.15 bits per heavy atom. The number of aromatic carboxylic acids is 1. The van der Waals surface area contributed by atoms with Crippen LogP contribution in [0.25, 0.3) is 11.0 Å². The van der Waals surface area contributed by atoms with Crippen LogP contribution in [0.15, 0.2) is 28.7 Å². The van der Waals surface area contributed by atoms with Crippen molar-refractivity contribution in [3.63, 3.8) is 0 Å². The van der Waals surface area contributed by atoms with Gasteiger partial charge in [0.1, 0.15) is 5.58 Å². The molecule has 0 aliphatic heterocycles. The predicted octanol–water partition coefficient (Wildman–Crippen LogP) is 1.20. The molecule has 0 saturated heterocycles. The van der Waals surface area contributed by atoms with Crippen LogP contribution in [0.4, 0.5) is 0 Å². The summed E-state index contributed by atoms with van der Waals surface area (Å²) < 4.78 is 4.95. The first-order valence-corrected chi connectivity index (χ1v) is 3.61. The van der Waals surface area contributed by atoms with Gasteiger partial charge < -0.3 is 14.6 Å². The number of carboxylic acids is 1. The highest BCUT2D eigenvalue weighted by atomic mass is 16.4. The van der Waals surface area contributed by atoms with Crippen LogP contribution >= 0.6 is 0 Å². The Hall–Kier alpha value is -1.97. The number of carbonyl (C=O) groups is 1. The summed E-state index contributed by atoms with van der Waals surface area (Å²) in [6.45, 7) is 0. The van der Waals surface area contributed by atoms with Crippen molar-refractivity contribution in [1.29, 1.82) is 0 Å². The van der Waals surface area contributed by atoms with E-state index in [-0.39, 0.29) is 11.5 Å². The van der Waals surface area contributed by atoms with Crippen LogP contribution in [0.5, 0.6) is 5.75 Å². The molecule has 1 aromatic heterocycles. The largest absolute Gasteiger partial charge is 0.872 e. The van der Waals surface area contributed by atoms with Gasteiger partial charge in [0.25, 0.3) is 0 Å². The van der Waals surface area contributed by atoms with Crippen LogP contribution in [-0.2, 0) is 0 Å². The first-order chi connectivity index (χ1) is 6.16. The molecule has 4 nitrogen and oxygen atoms in total. The molecule has 0 aliphatic carbocycles. The molecular formula is C9H5O4-. The monoisotopic (exact) mass is 177 g/mol. The minimum absolute atomic E-state index is 0.152. The predicted molar refractivity (Wildman–Crippen MR) is 42.6 cm³/mol. The van der Waals surface area contributed by atoms with E-state index in [1.54, 1.807) is 0 Å². The fourth-order valence-corrected chi connectivity index (χ4v) is 1.13. The van der Waals surface area contributed by atoms with Crippen molar-refractivity contribution in [1.82, 2.24) is 0 Å². The summed E-state index contributed by atoms with van der Waals surface area (Å²) >= 11 is 0. The van der Waals surface area contributed by atoms with Crippen molar-refractivity contribution < 1.29 is 19.4 Å². The first kappa shape index (κ1) is 7.67. The third-order valence-corrected chi connectivity index (χ3v) is 1.70. The van der Waals surface area contributed by atoms with Gasteiger partial charge in [-0.15, -0.1) is 5.75 Å². The van der Waals surface area contributed by atoms with E-state index < -0.39 is 5.97 Å². The smallest absolute Gasteiger partial charge is 0.371 e. The fraction of sp³-hybridized carbons (Fsp3) is 0. The van der Waals surface area contributed by atoms with Crippen molar-refractivity contribution >= 4 is 16.9 Å². The van der Waals surface area contributed by atoms with E-state index in [1.807, 2.05) is 0 Å². The Morgan fingerprint density at radius 1 is 1.38 bits per heavy atom. The molecule has 4 heteroatoms. The van der Waals surface area contributed by atoms with Crippen LogP contribution in [0.3, 0.4) is 0 Å². The van der Waals surface area contributed by atoms with E-state index in [1.165, 1.54) is 24.3 Å². The number of hydrogen-bond donors (Lipinski definition) is 1. The summed E-state index contributed by atoms with van der Waals surface area (Å²) in [6.07, 6.45) is 0. The minimum Gasteiger partial charge on any atom is -0.872 e. The Bertz CT molecular complexity index is 469. The Labute approximate surface area is 73.0 Å². The summed E-state index contributed by atoms with van der Waals surface area (Å²) in [4.78, 5) is 10.5. The van der Waals surface area contributed by atoms with Crippen molar-refractivity contribution in [2.45, 2.75) is 0 Å². The number of benzene rings is 1. The summed E-state index contributed by atoms with van der Waals surface area (Å²) in [7, 11) is 0. The molecular weight excluding hydrogens is 172 g/mol. The van der Waals surface area contributed by atoms with Gasteiger partial charge in [0.2, 0.25) is 5.76 Å². The lowest BCUT2D eigenvalue weighted by molar-refractivity contribution is -0.268. The second-order valence-electron chi connectivity index (χ2n) is 2.62. The van der Waals surface area contributed by atoms with Gasteiger partial charge in [0.15, 0.2) is 0 Å². The number of hydrogen-bond acceptors (Lipinski definition) is 3. The third kappa shape index (κ3) is 1.22. The van der Waals surface area contributed by atoms with Crippen LogP contribution in [-0.4, -0.2) is 11.1 Å². The maximum absolute atomic E-state index is 10.9. The molecule has 2 rings (SSSR count). The molecule has 0 saturated carbocycles. The molecule has 0 radical (unpaired) electrons. The summed E-state index contributed by atoms with van der Waals surface area (Å²) in [5, 5.41) is 20.0. The Morgan fingerprint density at radius 3 is 2.85 bits per heavy atom. The zero-order valence-corrected chi connectivity index (χ0v) is 6.48. The normalized spacial score (nSPS) is 10.5. The van der Waals surface area contributed by atoms with Crippen molar-refractivity contribution in [3.05, 3.63) is 30.0 Å². The van der Waals surface area contributed by atoms with Crippen LogP contribution < -0.4 is 5.11 Å². The van der Waals surface area contributed by atoms with E-state index in [4.69, 9.17) is 9.52 Å². The van der Waals surface area contributed by atoms with Crippen LogP contribution in [0.2, 0.25) is 0 Å². The quantitative estimate of drug-likeness (QED) is 0.710. The molecule has 0 unspecified atom stereocenters. The second kappa shape index (κ2) is 2.52. The molecule has 2 aromatic rings. The van der Waals surface area contributed by atoms with E-state index in [2.05, 4.69) is 0 Å². The van der Waals surface area contributed by atoms with Gasteiger partial charge in [-0.1, -0.05) is 12.1 Å². The van der Waals surface area contributed by atoms with Gasteiger partial charge in [-0.3, -0.25) is 0 Å². The molecule has 0 fully saturated rings. The minimum atomic E-state index is -1.14. The highest BCUT2D eigenvalue weighted by molar-refractivity contribution is 5.91. The molecule has 0 bridgehead atoms. The summed E-state index contributed by atoms with van der Waals surface area (Å²) in [6, 6.07) is 5.46. The van der Waals surface area contributed by atoms with Gasteiger partial charge in [0.05, 0.1) is 0 Å². The molecule has 1 heterocycles. The van der Waals surface area contributed by atoms with E-state index in [0.29, 0.717) is 11.0 Å². The molecule has 13 heavy (non-hydrogen) atoms. The molecule has 66 valence electrons. The topological polar surface area (TPSA) is 73.5 Å². The average Bonchev–Trinajstić information content (AvgIpc) is 2.46. The van der Waals surface area contributed by atoms with Gasteiger partial charge in [-0.2, -0.15) is 0 Å². The number of carboxylic acid groups (broad SMARTS) is 1. The summed E-state index contributed by atoms with van der Waals surface area (Å²) in [5.41, 5.74) is 0.414. The first-order valence-electron chi connectivity index (χ1n) is 3.61. The maximum Gasteiger partial charge on any atom is 0.371 e. The molecule has 1 aromatic carbocycles. The highest BCUT2D eigenvalue weighted by Crippen LogP contribution is 2.22. The Balaban J connectivity index is 2.68. The van der Waals surface area contributed by atoms with Crippen molar-refractivity contribution in [2.24, 2.45) is 0 Å². The van der Waals surface area contributed by atoms with Crippen LogP contribution in [0, 0.1) is 0 Å². The van der Waals surface area contributed by atoms with Crippen LogP contribution in [0.1, 0.15) is 10.6 Å². The van der Waals surface area contributed by atoms with E-state index in [0.717, 1.165) is 0 Å². The molecule has 0 spiro atoms. The lowest BCUT2D eigenvalue weighted by Crippen LogP contribution is -1.91. The molecule has 1 N–H and O–H groups in total. The zero-order chi connectivity index (χ0) is 9.42. The fourth-order valence-electron chi connectivity index (χ4n) is 1.13. The van der Waals surface area contributed by atoms with Gasteiger partial charge >= 0.3 is 5.97 Å². The summed E-state index contributed by atoms with van der Waals surface area (Å²) in [5.74, 6) is -1.45. The average molecular weight is 177 g/mol. The lowest BCUT2D eigenvalue weighted by atomic mass is 10.2. The van der Waals surface area contributed by atoms with Gasteiger partial charge in [-0.05, 0) is 12.1 Å².